The van der Waals surface area contributed by atoms with Crippen LogP contribution in [0.5, 0.6) is 0 Å². The number of nitrogens with one attached hydrogen (secondary N) is 1. The van der Waals surface area contributed by atoms with Gasteiger partial charge >= 0.3 is 0 Å². The minimum atomic E-state index is -0.374. The van der Waals surface area contributed by atoms with Crippen molar-refractivity contribution in [3.63, 3.8) is 0 Å². The van der Waals surface area contributed by atoms with Crippen LogP contribution in [0.25, 0.3) is 0 Å². The van der Waals surface area contributed by atoms with Crippen LogP contribution in [0.15, 0.2) is 53.4 Å². The number of carbonyl (C=O) groups excluding carboxylic acids is 2. The zero-order chi connectivity index (χ0) is 17.8. The van der Waals surface area contributed by atoms with E-state index in [1.165, 1.54) is 17.3 Å². The van der Waals surface area contributed by atoms with Gasteiger partial charge in [-0.3, -0.25) is 9.59 Å². The van der Waals surface area contributed by atoms with Crippen LogP contribution in [0, 0.1) is 0 Å². The number of para-hydroxylation sites is 2. The van der Waals surface area contributed by atoms with E-state index in [1.807, 2.05) is 54.3 Å². The maximum atomic E-state index is 12.9. The summed E-state index contributed by atoms with van der Waals surface area (Å²) in [7, 11) is 0. The maximum absolute atomic E-state index is 12.9. The number of nitrogens with two attached hydrogens (primary N) is 1. The summed E-state index contributed by atoms with van der Waals surface area (Å²) in [5.41, 5.74) is 8.27. The molecule has 25 heavy (non-hydrogen) atoms. The van der Waals surface area contributed by atoms with Gasteiger partial charge in [-0.1, -0.05) is 30.3 Å². The van der Waals surface area contributed by atoms with Gasteiger partial charge in [-0.25, -0.2) is 0 Å². The van der Waals surface area contributed by atoms with Crippen LogP contribution in [0.2, 0.25) is 0 Å². The Balaban J connectivity index is 1.72. The van der Waals surface area contributed by atoms with E-state index in [0.717, 1.165) is 22.7 Å². The number of fused-ring (bicyclic) bond motifs is 1. The highest BCUT2D eigenvalue weighted by molar-refractivity contribution is 8.00. The van der Waals surface area contributed by atoms with Gasteiger partial charge in [0.1, 0.15) is 6.04 Å². The molecule has 130 valence electrons. The van der Waals surface area contributed by atoms with Crippen LogP contribution in [0.4, 0.5) is 11.4 Å². The molecule has 0 unspecified atom stereocenters. The van der Waals surface area contributed by atoms with E-state index in [1.54, 1.807) is 0 Å². The Morgan fingerprint density at radius 2 is 1.92 bits per heavy atom. The van der Waals surface area contributed by atoms with Crippen LogP contribution < -0.4 is 16.0 Å². The number of benzene rings is 2. The van der Waals surface area contributed by atoms with Crippen molar-refractivity contribution in [1.29, 1.82) is 0 Å². The number of rotatable bonds is 6. The van der Waals surface area contributed by atoms with Crippen molar-refractivity contribution in [2.45, 2.75) is 24.3 Å². The third kappa shape index (κ3) is 3.96. The lowest BCUT2D eigenvalue weighted by atomic mass is 10.2. The lowest BCUT2D eigenvalue weighted by molar-refractivity contribution is -0.119. The van der Waals surface area contributed by atoms with Crippen molar-refractivity contribution in [1.82, 2.24) is 0 Å². The maximum Gasteiger partial charge on any atom is 0.249 e. The van der Waals surface area contributed by atoms with E-state index < -0.39 is 0 Å². The Hall–Kier alpha value is -2.47. The quantitative estimate of drug-likeness (QED) is 0.781. The summed E-state index contributed by atoms with van der Waals surface area (Å²) >= 11 is 1.37. The van der Waals surface area contributed by atoms with Gasteiger partial charge in [-0.05, 0) is 37.1 Å². The van der Waals surface area contributed by atoms with Crippen LogP contribution >= 0.6 is 11.8 Å². The van der Waals surface area contributed by atoms with Crippen molar-refractivity contribution in [3.8, 4) is 0 Å². The van der Waals surface area contributed by atoms with Crippen LogP contribution in [0.3, 0.4) is 0 Å². The zero-order valence-corrected chi connectivity index (χ0v) is 14.9. The molecule has 2 amide bonds. The van der Waals surface area contributed by atoms with E-state index in [-0.39, 0.29) is 23.6 Å². The zero-order valence-electron chi connectivity index (χ0n) is 14.1. The first kappa shape index (κ1) is 17.4. The van der Waals surface area contributed by atoms with E-state index in [4.69, 9.17) is 5.73 Å². The molecule has 3 N–H and O–H groups in total. The highest BCUT2D eigenvalue weighted by Gasteiger charge is 2.27. The molecule has 0 aliphatic carbocycles. The average molecular weight is 355 g/mol. The number of carbonyl (C=O) groups is 2. The fourth-order valence-corrected chi connectivity index (χ4v) is 3.71. The Bertz CT molecular complexity index is 794. The van der Waals surface area contributed by atoms with Crippen molar-refractivity contribution in [2.24, 2.45) is 5.73 Å². The first-order valence-corrected chi connectivity index (χ1v) is 9.21. The minimum Gasteiger partial charge on any atom is -0.373 e. The Labute approximate surface area is 151 Å². The highest BCUT2D eigenvalue weighted by atomic mass is 32.2. The number of amides is 2. The smallest absolute Gasteiger partial charge is 0.249 e. The second-order valence-electron chi connectivity index (χ2n) is 5.99. The predicted molar refractivity (Wildman–Crippen MR) is 102 cm³/mol. The van der Waals surface area contributed by atoms with E-state index in [9.17, 15) is 9.59 Å². The molecule has 2 aromatic carbocycles. The van der Waals surface area contributed by atoms with E-state index in [2.05, 4.69) is 11.4 Å². The Kier molecular flexibility index (Phi) is 5.28. The SMILES string of the molecule is C[C@H](Nc1ccccc1SCC(N)=O)C(=O)N1CCc2ccccc21. The molecule has 3 rings (SSSR count). The monoisotopic (exact) mass is 355 g/mol. The van der Waals surface area contributed by atoms with Gasteiger partial charge in [0.2, 0.25) is 11.8 Å². The van der Waals surface area contributed by atoms with Gasteiger partial charge in [-0.2, -0.15) is 0 Å². The van der Waals surface area contributed by atoms with Gasteiger partial charge < -0.3 is 16.0 Å². The second kappa shape index (κ2) is 7.61. The van der Waals surface area contributed by atoms with Crippen molar-refractivity contribution in [2.75, 3.05) is 22.5 Å². The van der Waals surface area contributed by atoms with E-state index in [0.29, 0.717) is 6.54 Å². The molecule has 0 saturated heterocycles. The van der Waals surface area contributed by atoms with Crippen LogP contribution in [-0.4, -0.2) is 30.2 Å². The number of hydrogen-bond donors (Lipinski definition) is 2. The highest BCUT2D eigenvalue weighted by Crippen LogP contribution is 2.30. The first-order chi connectivity index (χ1) is 12.1. The largest absolute Gasteiger partial charge is 0.373 e. The first-order valence-electron chi connectivity index (χ1n) is 8.22. The van der Waals surface area contributed by atoms with E-state index >= 15 is 0 Å². The lowest BCUT2D eigenvalue weighted by Gasteiger charge is -2.24. The fraction of sp³-hybridized carbons (Fsp3) is 0.263. The number of thioether (sulfide) groups is 1. The molecular weight excluding hydrogens is 334 g/mol. The van der Waals surface area contributed by atoms with Gasteiger partial charge in [0.05, 0.1) is 5.75 Å². The van der Waals surface area contributed by atoms with Crippen LogP contribution in [0.1, 0.15) is 12.5 Å². The molecule has 0 radical (unpaired) electrons. The number of hydrogen-bond acceptors (Lipinski definition) is 4. The van der Waals surface area contributed by atoms with Crippen molar-refractivity contribution in [3.05, 3.63) is 54.1 Å². The van der Waals surface area contributed by atoms with Gasteiger partial charge in [0.25, 0.3) is 0 Å². The predicted octanol–water partition coefficient (Wildman–Crippen LogP) is 2.65. The number of primary amides is 1. The third-order valence-electron chi connectivity index (χ3n) is 4.15. The van der Waals surface area contributed by atoms with Gasteiger partial charge in [0, 0.05) is 22.8 Å². The molecule has 0 aromatic heterocycles. The summed E-state index contributed by atoms with van der Waals surface area (Å²) in [6.07, 6.45) is 0.889. The molecule has 5 nitrogen and oxygen atoms in total. The molecule has 1 aliphatic rings. The number of nitrogens with zero attached hydrogens (tertiary/aromatic N) is 1. The molecule has 1 aliphatic heterocycles. The Morgan fingerprint density at radius 3 is 2.72 bits per heavy atom. The average Bonchev–Trinajstić information content (AvgIpc) is 3.04. The molecule has 1 heterocycles. The summed E-state index contributed by atoms with van der Waals surface area (Å²) in [6.45, 7) is 2.57. The molecule has 1 atom stereocenters. The second-order valence-corrected chi connectivity index (χ2v) is 7.00. The summed E-state index contributed by atoms with van der Waals surface area (Å²) < 4.78 is 0. The number of anilines is 2. The van der Waals surface area contributed by atoms with Crippen molar-refractivity contribution < 1.29 is 9.59 Å². The minimum absolute atomic E-state index is 0.0413. The van der Waals surface area contributed by atoms with Gasteiger partial charge in [-0.15, -0.1) is 11.8 Å². The molecule has 0 spiro atoms. The fourth-order valence-electron chi connectivity index (χ4n) is 2.96. The standard InChI is InChI=1S/C19H21N3O2S/c1-13(19(24)22-11-10-14-6-2-4-8-16(14)22)21-15-7-3-5-9-17(15)25-12-18(20)23/h2-9,13,21H,10-12H2,1H3,(H2,20,23)/t13-/m0/s1. The summed E-state index contributed by atoms with van der Waals surface area (Å²) in [4.78, 5) is 26.6. The molecule has 6 heteroatoms. The topological polar surface area (TPSA) is 75.4 Å². The Morgan fingerprint density at radius 1 is 1.20 bits per heavy atom. The lowest BCUT2D eigenvalue weighted by Crippen LogP contribution is -2.40. The molecule has 0 saturated carbocycles. The summed E-state index contributed by atoms with van der Waals surface area (Å²) in [5, 5.41) is 3.28. The van der Waals surface area contributed by atoms with Crippen molar-refractivity contribution >= 4 is 35.0 Å². The van der Waals surface area contributed by atoms with Gasteiger partial charge in [0.15, 0.2) is 0 Å². The molecule has 0 fully saturated rings. The summed E-state index contributed by atoms with van der Waals surface area (Å²) in [6, 6.07) is 15.3. The van der Waals surface area contributed by atoms with Crippen LogP contribution in [-0.2, 0) is 16.0 Å². The third-order valence-corrected chi connectivity index (χ3v) is 5.25. The molecule has 2 aromatic rings. The normalized spacial score (nSPS) is 14.0. The molecular formula is C19H21N3O2S. The summed E-state index contributed by atoms with van der Waals surface area (Å²) in [5.74, 6) is -0.113. The molecule has 0 bridgehead atoms.